The third-order valence-electron chi connectivity index (χ3n) is 3.54. The molecule has 0 unspecified atom stereocenters. The number of carbonyl (C=O) groups is 1. The van der Waals surface area contributed by atoms with Crippen LogP contribution in [0.5, 0.6) is 0 Å². The van der Waals surface area contributed by atoms with Gasteiger partial charge < -0.3 is 15.7 Å². The molecule has 0 bridgehead atoms. The van der Waals surface area contributed by atoms with E-state index in [4.69, 9.17) is 5.73 Å². The van der Waals surface area contributed by atoms with Gasteiger partial charge in [0.1, 0.15) is 0 Å². The van der Waals surface area contributed by atoms with Crippen LogP contribution in [-0.4, -0.2) is 45.3 Å². The highest BCUT2D eigenvalue weighted by Crippen LogP contribution is 2.21. The molecule has 6 nitrogen and oxygen atoms in total. The molecule has 1 aromatic heterocycles. The molecular weight excluding hydrogens is 244 g/mol. The van der Waals surface area contributed by atoms with Gasteiger partial charge >= 0.3 is 0 Å². The summed E-state index contributed by atoms with van der Waals surface area (Å²) in [4.78, 5) is 14.1. The van der Waals surface area contributed by atoms with E-state index in [-0.39, 0.29) is 12.0 Å². The van der Waals surface area contributed by atoms with Crippen molar-refractivity contribution < 1.29 is 9.90 Å². The van der Waals surface area contributed by atoms with Gasteiger partial charge in [0.05, 0.1) is 11.6 Å². The van der Waals surface area contributed by atoms with Crippen molar-refractivity contribution in [2.45, 2.75) is 18.9 Å². The number of rotatable bonds is 1. The lowest BCUT2D eigenvalue weighted by Crippen LogP contribution is -2.40. The lowest BCUT2D eigenvalue weighted by Gasteiger charge is -2.29. The summed E-state index contributed by atoms with van der Waals surface area (Å²) in [5.74, 6) is -0.108. The zero-order valence-electron chi connectivity index (χ0n) is 10.5. The van der Waals surface area contributed by atoms with Gasteiger partial charge in [-0.1, -0.05) is 0 Å². The van der Waals surface area contributed by atoms with E-state index in [1.807, 2.05) is 6.07 Å². The molecule has 1 amide bonds. The topological polar surface area (TPSA) is 95.2 Å². The largest absolute Gasteiger partial charge is 0.399 e. The van der Waals surface area contributed by atoms with Crippen LogP contribution >= 0.6 is 0 Å². The van der Waals surface area contributed by atoms with Crippen molar-refractivity contribution in [3.63, 3.8) is 0 Å². The first-order valence-corrected chi connectivity index (χ1v) is 6.36. The van der Waals surface area contributed by atoms with E-state index in [0.717, 1.165) is 10.9 Å². The maximum atomic E-state index is 12.4. The van der Waals surface area contributed by atoms with Gasteiger partial charge in [-0.15, -0.1) is 0 Å². The number of fused-ring (bicyclic) bond motifs is 1. The Balaban J connectivity index is 1.91. The summed E-state index contributed by atoms with van der Waals surface area (Å²) < 4.78 is 0. The highest BCUT2D eigenvalue weighted by molar-refractivity contribution is 6.05. The van der Waals surface area contributed by atoms with Crippen molar-refractivity contribution in [1.29, 1.82) is 0 Å². The molecular formula is C13H16N4O2. The van der Waals surface area contributed by atoms with Crippen LogP contribution in [0.3, 0.4) is 0 Å². The van der Waals surface area contributed by atoms with Crippen LogP contribution in [0.4, 0.5) is 5.69 Å². The van der Waals surface area contributed by atoms with Crippen LogP contribution in [0.15, 0.2) is 18.2 Å². The Hall–Kier alpha value is -2.08. The first-order chi connectivity index (χ1) is 9.15. The summed E-state index contributed by atoms with van der Waals surface area (Å²) in [5, 5.41) is 17.2. The number of aliphatic hydroxyl groups excluding tert-OH is 1. The van der Waals surface area contributed by atoms with Crippen molar-refractivity contribution in [2.75, 3.05) is 18.8 Å². The summed E-state index contributed by atoms with van der Waals surface area (Å²) in [5.41, 5.74) is 7.56. The van der Waals surface area contributed by atoms with Crippen molar-refractivity contribution >= 4 is 22.5 Å². The van der Waals surface area contributed by atoms with E-state index in [1.54, 1.807) is 17.0 Å². The lowest BCUT2D eigenvalue weighted by molar-refractivity contribution is 0.0543. The number of piperidine rings is 1. The normalized spacial score (nSPS) is 17.0. The predicted octanol–water partition coefficient (Wildman–Crippen LogP) is 0.742. The maximum Gasteiger partial charge on any atom is 0.274 e. The molecule has 0 atom stereocenters. The molecule has 2 heterocycles. The predicted molar refractivity (Wildman–Crippen MR) is 71.7 cm³/mol. The molecule has 0 spiro atoms. The number of benzene rings is 1. The minimum absolute atomic E-state index is 0.108. The maximum absolute atomic E-state index is 12.4. The molecule has 0 radical (unpaired) electrons. The molecule has 3 rings (SSSR count). The summed E-state index contributed by atoms with van der Waals surface area (Å²) in [7, 11) is 0. The number of hydrogen-bond acceptors (Lipinski definition) is 4. The average molecular weight is 260 g/mol. The molecule has 2 aromatic rings. The Kier molecular flexibility index (Phi) is 2.87. The van der Waals surface area contributed by atoms with Crippen molar-refractivity contribution in [1.82, 2.24) is 15.1 Å². The second-order valence-electron chi connectivity index (χ2n) is 4.90. The third kappa shape index (κ3) is 2.15. The minimum Gasteiger partial charge on any atom is -0.399 e. The van der Waals surface area contributed by atoms with Crippen molar-refractivity contribution in [3.8, 4) is 0 Å². The zero-order chi connectivity index (χ0) is 13.4. The molecule has 1 aliphatic heterocycles. The molecule has 0 aliphatic carbocycles. The number of nitrogen functional groups attached to an aromatic ring is 1. The van der Waals surface area contributed by atoms with E-state index in [2.05, 4.69) is 10.2 Å². The number of hydrogen-bond donors (Lipinski definition) is 3. The van der Waals surface area contributed by atoms with Gasteiger partial charge in [-0.2, -0.15) is 5.10 Å². The number of nitrogens with two attached hydrogens (primary N) is 1. The summed E-state index contributed by atoms with van der Waals surface area (Å²) in [6.45, 7) is 1.13. The van der Waals surface area contributed by atoms with Crippen LogP contribution < -0.4 is 5.73 Å². The number of anilines is 1. The number of H-pyrrole nitrogens is 1. The van der Waals surface area contributed by atoms with E-state index in [0.29, 0.717) is 37.3 Å². The fourth-order valence-electron chi connectivity index (χ4n) is 2.41. The standard InChI is InChI=1S/C13H16N4O2/c14-8-1-2-11-10(7-8)12(16-15-11)13(19)17-5-3-9(18)4-6-17/h1-2,7,9,18H,3-6,14H2,(H,15,16). The Bertz CT molecular complexity index is 614. The molecule has 100 valence electrons. The van der Waals surface area contributed by atoms with Gasteiger partial charge in [-0.25, -0.2) is 0 Å². The molecule has 0 saturated carbocycles. The Morgan fingerprint density at radius 1 is 1.42 bits per heavy atom. The SMILES string of the molecule is Nc1ccc2[nH]nc(C(=O)N3CCC(O)CC3)c2c1. The highest BCUT2D eigenvalue weighted by Gasteiger charge is 2.25. The van der Waals surface area contributed by atoms with Crippen LogP contribution in [0.2, 0.25) is 0 Å². The fourth-order valence-corrected chi connectivity index (χ4v) is 2.41. The van der Waals surface area contributed by atoms with Crippen molar-refractivity contribution in [3.05, 3.63) is 23.9 Å². The molecule has 19 heavy (non-hydrogen) atoms. The van der Waals surface area contributed by atoms with Crippen LogP contribution in [0.25, 0.3) is 10.9 Å². The second kappa shape index (κ2) is 4.55. The monoisotopic (exact) mass is 260 g/mol. The first kappa shape index (κ1) is 12.0. The first-order valence-electron chi connectivity index (χ1n) is 6.36. The molecule has 6 heteroatoms. The number of carbonyl (C=O) groups excluding carboxylic acids is 1. The van der Waals surface area contributed by atoms with E-state index < -0.39 is 0 Å². The number of aliphatic hydroxyl groups is 1. The Labute approximate surface area is 110 Å². The lowest BCUT2D eigenvalue weighted by atomic mass is 10.1. The molecule has 4 N–H and O–H groups in total. The quantitative estimate of drug-likeness (QED) is 0.659. The summed E-state index contributed by atoms with van der Waals surface area (Å²) >= 11 is 0. The zero-order valence-corrected chi connectivity index (χ0v) is 10.5. The summed E-state index contributed by atoms with van der Waals surface area (Å²) in [6.07, 6.45) is 0.947. The fraction of sp³-hybridized carbons (Fsp3) is 0.385. The third-order valence-corrected chi connectivity index (χ3v) is 3.54. The van der Waals surface area contributed by atoms with E-state index >= 15 is 0 Å². The smallest absolute Gasteiger partial charge is 0.274 e. The highest BCUT2D eigenvalue weighted by atomic mass is 16.3. The van der Waals surface area contributed by atoms with E-state index in [1.165, 1.54) is 0 Å². The van der Waals surface area contributed by atoms with Crippen LogP contribution in [0.1, 0.15) is 23.3 Å². The van der Waals surface area contributed by atoms with Crippen LogP contribution in [-0.2, 0) is 0 Å². The molecule has 1 saturated heterocycles. The van der Waals surface area contributed by atoms with Gasteiger partial charge in [-0.05, 0) is 31.0 Å². The Morgan fingerprint density at radius 3 is 2.89 bits per heavy atom. The van der Waals surface area contributed by atoms with Gasteiger partial charge in [0.2, 0.25) is 0 Å². The van der Waals surface area contributed by atoms with Gasteiger partial charge in [0, 0.05) is 24.2 Å². The number of aromatic nitrogens is 2. The molecule has 1 aromatic carbocycles. The number of nitrogens with one attached hydrogen (secondary N) is 1. The molecule has 1 aliphatic rings. The second-order valence-corrected chi connectivity index (χ2v) is 4.90. The summed E-state index contributed by atoms with van der Waals surface area (Å²) in [6, 6.07) is 5.34. The van der Waals surface area contributed by atoms with Gasteiger partial charge in [0.15, 0.2) is 5.69 Å². The van der Waals surface area contributed by atoms with E-state index in [9.17, 15) is 9.90 Å². The minimum atomic E-state index is -0.296. The number of amides is 1. The number of nitrogens with zero attached hydrogens (tertiary/aromatic N) is 2. The molecule has 1 fully saturated rings. The number of aromatic amines is 1. The van der Waals surface area contributed by atoms with Crippen LogP contribution in [0, 0.1) is 0 Å². The number of likely N-dealkylation sites (tertiary alicyclic amines) is 1. The van der Waals surface area contributed by atoms with Gasteiger partial charge in [0.25, 0.3) is 5.91 Å². The van der Waals surface area contributed by atoms with Gasteiger partial charge in [-0.3, -0.25) is 9.89 Å². The van der Waals surface area contributed by atoms with Crippen molar-refractivity contribution in [2.24, 2.45) is 0 Å². The average Bonchev–Trinajstić information content (AvgIpc) is 2.81. The Morgan fingerprint density at radius 2 is 2.16 bits per heavy atom.